The lowest BCUT2D eigenvalue weighted by Crippen LogP contribution is -2.05. The number of hydrogen-bond acceptors (Lipinski definition) is 5. The molecule has 0 aromatic carbocycles. The highest BCUT2D eigenvalue weighted by molar-refractivity contribution is 7.98. The molecule has 0 amide bonds. The minimum atomic E-state index is -0.175. The highest BCUT2D eigenvalue weighted by atomic mass is 32.2. The summed E-state index contributed by atoms with van der Waals surface area (Å²) in [5, 5.41) is 3.85. The van der Waals surface area contributed by atoms with E-state index in [1.54, 1.807) is 0 Å². The third-order valence-corrected chi connectivity index (χ3v) is 2.92. The molecule has 14 heavy (non-hydrogen) atoms. The van der Waals surface area contributed by atoms with Gasteiger partial charge in [-0.2, -0.15) is 16.7 Å². The molecule has 0 bridgehead atoms. The first-order valence-electron chi connectivity index (χ1n) is 4.75. The first kappa shape index (κ1) is 11.5. The first-order chi connectivity index (χ1) is 6.59. The Balaban J connectivity index is 2.36. The molecule has 2 N–H and O–H groups in total. The molecule has 4 nitrogen and oxygen atoms in total. The average molecular weight is 215 g/mol. The van der Waals surface area contributed by atoms with Crippen molar-refractivity contribution in [1.29, 1.82) is 0 Å². The monoisotopic (exact) mass is 215 g/mol. The van der Waals surface area contributed by atoms with E-state index in [9.17, 15) is 0 Å². The number of hydrogen-bond donors (Lipinski definition) is 1. The molecule has 1 aromatic rings. The van der Waals surface area contributed by atoms with Crippen molar-refractivity contribution in [3.05, 3.63) is 11.7 Å². The predicted octanol–water partition coefficient (Wildman–Crippen LogP) is 1.98. The van der Waals surface area contributed by atoms with Crippen LogP contribution < -0.4 is 5.73 Å². The molecule has 0 saturated carbocycles. The van der Waals surface area contributed by atoms with Gasteiger partial charge in [-0.1, -0.05) is 19.0 Å². The molecule has 0 aliphatic heterocycles. The van der Waals surface area contributed by atoms with E-state index in [-0.39, 0.29) is 6.04 Å². The summed E-state index contributed by atoms with van der Waals surface area (Å²) in [5.74, 6) is 3.86. The van der Waals surface area contributed by atoms with E-state index in [2.05, 4.69) is 24.0 Å². The van der Waals surface area contributed by atoms with Gasteiger partial charge in [-0.05, 0) is 18.6 Å². The van der Waals surface area contributed by atoms with Crippen LogP contribution in [0.25, 0.3) is 0 Å². The quantitative estimate of drug-likeness (QED) is 0.813. The van der Waals surface area contributed by atoms with Crippen molar-refractivity contribution in [3.63, 3.8) is 0 Å². The first-order valence-corrected chi connectivity index (χ1v) is 5.91. The number of nitrogens with zero attached hydrogens (tertiary/aromatic N) is 2. The van der Waals surface area contributed by atoms with Gasteiger partial charge in [-0.15, -0.1) is 0 Å². The fourth-order valence-electron chi connectivity index (χ4n) is 0.897. The summed E-state index contributed by atoms with van der Waals surface area (Å²) in [4.78, 5) is 4.18. The lowest BCUT2D eigenvalue weighted by molar-refractivity contribution is 0.358. The zero-order valence-electron chi connectivity index (χ0n) is 8.86. The summed E-state index contributed by atoms with van der Waals surface area (Å²) in [7, 11) is 0. The summed E-state index contributed by atoms with van der Waals surface area (Å²) in [6.45, 7) is 6.21. The van der Waals surface area contributed by atoms with Crippen LogP contribution in [0.2, 0.25) is 0 Å². The Morgan fingerprint density at radius 2 is 2.14 bits per heavy atom. The molecule has 0 saturated heterocycles. The minimum Gasteiger partial charge on any atom is -0.338 e. The molecule has 0 unspecified atom stereocenters. The number of thioether (sulfide) groups is 1. The maximum absolute atomic E-state index is 5.60. The van der Waals surface area contributed by atoms with Crippen LogP contribution >= 0.6 is 11.8 Å². The fraction of sp³-hybridized carbons (Fsp3) is 0.778. The van der Waals surface area contributed by atoms with Gasteiger partial charge in [-0.3, -0.25) is 0 Å². The van der Waals surface area contributed by atoms with Crippen LogP contribution in [0.15, 0.2) is 4.52 Å². The molecule has 1 rings (SSSR count). The van der Waals surface area contributed by atoms with Crippen molar-refractivity contribution < 1.29 is 4.52 Å². The molecular weight excluding hydrogens is 198 g/mol. The molecular formula is C9H17N3OS. The molecule has 0 spiro atoms. The maximum atomic E-state index is 5.60. The van der Waals surface area contributed by atoms with E-state index < -0.39 is 0 Å². The highest BCUT2D eigenvalue weighted by Crippen LogP contribution is 2.14. The van der Waals surface area contributed by atoms with Crippen LogP contribution in [0, 0.1) is 5.92 Å². The third-order valence-electron chi connectivity index (χ3n) is 1.56. The third kappa shape index (κ3) is 3.67. The average Bonchev–Trinajstić information content (AvgIpc) is 2.52. The van der Waals surface area contributed by atoms with Crippen molar-refractivity contribution >= 4 is 11.8 Å². The fourth-order valence-corrected chi connectivity index (χ4v) is 1.79. The Morgan fingerprint density at radius 1 is 1.43 bits per heavy atom. The second-order valence-corrected chi connectivity index (χ2v) is 4.78. The van der Waals surface area contributed by atoms with Crippen molar-refractivity contribution in [2.75, 3.05) is 5.75 Å². The Bertz CT molecular complexity index is 273. The van der Waals surface area contributed by atoms with E-state index in [1.807, 2.05) is 18.7 Å². The summed E-state index contributed by atoms with van der Waals surface area (Å²) in [6, 6.07) is -0.175. The Hall–Kier alpha value is -0.550. The van der Waals surface area contributed by atoms with Gasteiger partial charge in [-0.25, -0.2) is 0 Å². The van der Waals surface area contributed by atoms with Crippen LogP contribution in [0.3, 0.4) is 0 Å². The van der Waals surface area contributed by atoms with Gasteiger partial charge < -0.3 is 10.3 Å². The Kier molecular flexibility index (Phi) is 4.41. The summed E-state index contributed by atoms with van der Waals surface area (Å²) >= 11 is 1.81. The zero-order valence-corrected chi connectivity index (χ0v) is 9.67. The molecule has 0 radical (unpaired) electrons. The van der Waals surface area contributed by atoms with Gasteiger partial charge in [0.1, 0.15) is 0 Å². The number of rotatable bonds is 5. The number of aromatic nitrogens is 2. The minimum absolute atomic E-state index is 0.175. The SMILES string of the molecule is CC(C)CSCc1noc([C@@H](C)N)n1. The van der Waals surface area contributed by atoms with Crippen LogP contribution in [-0.4, -0.2) is 15.9 Å². The molecule has 5 heteroatoms. The van der Waals surface area contributed by atoms with E-state index in [1.165, 1.54) is 0 Å². The predicted molar refractivity (Wildman–Crippen MR) is 57.9 cm³/mol. The van der Waals surface area contributed by atoms with Crippen molar-refractivity contribution in [2.24, 2.45) is 11.7 Å². The van der Waals surface area contributed by atoms with Crippen molar-refractivity contribution in [3.8, 4) is 0 Å². The van der Waals surface area contributed by atoms with Crippen LogP contribution in [0.5, 0.6) is 0 Å². The van der Waals surface area contributed by atoms with Crippen molar-refractivity contribution in [1.82, 2.24) is 10.1 Å². The van der Waals surface area contributed by atoms with E-state index >= 15 is 0 Å². The normalized spacial score (nSPS) is 13.5. The summed E-state index contributed by atoms with van der Waals surface area (Å²) in [5.41, 5.74) is 5.60. The molecule has 1 aromatic heterocycles. The summed E-state index contributed by atoms with van der Waals surface area (Å²) in [6.07, 6.45) is 0. The smallest absolute Gasteiger partial charge is 0.243 e. The van der Waals surface area contributed by atoms with Gasteiger partial charge in [0.15, 0.2) is 5.82 Å². The van der Waals surface area contributed by atoms with Gasteiger partial charge in [0.2, 0.25) is 5.89 Å². The largest absolute Gasteiger partial charge is 0.338 e. The lowest BCUT2D eigenvalue weighted by atomic mass is 10.3. The Morgan fingerprint density at radius 3 is 2.64 bits per heavy atom. The summed E-state index contributed by atoms with van der Waals surface area (Å²) < 4.78 is 4.98. The van der Waals surface area contributed by atoms with Gasteiger partial charge in [0.25, 0.3) is 0 Å². The van der Waals surface area contributed by atoms with Gasteiger partial charge in [0.05, 0.1) is 11.8 Å². The van der Waals surface area contributed by atoms with Crippen LogP contribution in [0.1, 0.15) is 38.5 Å². The highest BCUT2D eigenvalue weighted by Gasteiger charge is 2.09. The van der Waals surface area contributed by atoms with Crippen LogP contribution in [-0.2, 0) is 5.75 Å². The van der Waals surface area contributed by atoms with Gasteiger partial charge >= 0.3 is 0 Å². The lowest BCUT2D eigenvalue weighted by Gasteiger charge is -2.00. The zero-order chi connectivity index (χ0) is 10.6. The van der Waals surface area contributed by atoms with E-state index in [4.69, 9.17) is 10.3 Å². The topological polar surface area (TPSA) is 64.9 Å². The second-order valence-electron chi connectivity index (χ2n) is 3.75. The van der Waals surface area contributed by atoms with Gasteiger partial charge in [0, 0.05) is 0 Å². The van der Waals surface area contributed by atoms with Crippen LogP contribution in [0.4, 0.5) is 0 Å². The van der Waals surface area contributed by atoms with Crippen molar-refractivity contribution in [2.45, 2.75) is 32.6 Å². The molecule has 1 heterocycles. The van der Waals surface area contributed by atoms with E-state index in [0.717, 1.165) is 17.3 Å². The second kappa shape index (κ2) is 5.36. The van der Waals surface area contributed by atoms with E-state index in [0.29, 0.717) is 11.8 Å². The molecule has 1 atom stereocenters. The maximum Gasteiger partial charge on any atom is 0.243 e. The molecule has 0 aliphatic rings. The standard InChI is InChI=1S/C9H17N3OS/c1-6(2)4-14-5-8-11-9(7(3)10)13-12-8/h6-7H,4-5,10H2,1-3H3/t7-/m1/s1. The molecule has 0 fully saturated rings. The number of nitrogens with two attached hydrogens (primary N) is 1. The molecule has 80 valence electrons. The Labute approximate surface area is 88.6 Å². The molecule has 0 aliphatic carbocycles.